The van der Waals surface area contributed by atoms with Crippen molar-refractivity contribution in [3.05, 3.63) is 112 Å². The predicted octanol–water partition coefficient (Wildman–Crippen LogP) is 4.50. The summed E-state index contributed by atoms with van der Waals surface area (Å²) in [7, 11) is 1.61. The van der Waals surface area contributed by atoms with Gasteiger partial charge >= 0.3 is 0 Å². The summed E-state index contributed by atoms with van der Waals surface area (Å²) in [4.78, 5) is 27.7. The van der Waals surface area contributed by atoms with Crippen molar-refractivity contribution in [3.8, 4) is 5.75 Å². The molecule has 1 aliphatic heterocycles. The molecular weight excluding hydrogens is 448 g/mol. The number of hydrogen-bond acceptors (Lipinski definition) is 7. The van der Waals surface area contributed by atoms with E-state index in [1.807, 2.05) is 60.7 Å². The van der Waals surface area contributed by atoms with Crippen LogP contribution in [0, 0.1) is 10.1 Å². The summed E-state index contributed by atoms with van der Waals surface area (Å²) in [6.07, 6.45) is 2.03. The standard InChI is InChI=1S/C25H20N6O4/c1-35-20-12-10-17(11-13-20)22-15-21(16-6-3-2-4-7-16)26-25-28-24(29-30(22)25)27-23(32)18-8-5-9-19(14-18)31(33)34/h2-15,22H,1H3,(H2,26,27,28,29,32)/t22-/m1/s1. The first kappa shape index (κ1) is 21.8. The second-order valence-electron chi connectivity index (χ2n) is 7.75. The number of nitro groups is 1. The van der Waals surface area contributed by atoms with Gasteiger partial charge in [0, 0.05) is 23.4 Å². The average Bonchev–Trinajstić information content (AvgIpc) is 3.31. The van der Waals surface area contributed by atoms with E-state index in [4.69, 9.17) is 4.74 Å². The predicted molar refractivity (Wildman–Crippen MR) is 130 cm³/mol. The minimum Gasteiger partial charge on any atom is -0.497 e. The lowest BCUT2D eigenvalue weighted by molar-refractivity contribution is -0.384. The van der Waals surface area contributed by atoms with E-state index < -0.39 is 10.8 Å². The molecule has 1 aliphatic rings. The number of nitro benzene ring substituents is 1. The van der Waals surface area contributed by atoms with E-state index in [9.17, 15) is 14.9 Å². The second-order valence-corrected chi connectivity index (χ2v) is 7.75. The van der Waals surface area contributed by atoms with E-state index in [1.165, 1.54) is 24.3 Å². The Labute approximate surface area is 200 Å². The lowest BCUT2D eigenvalue weighted by Crippen LogP contribution is -2.20. The highest BCUT2D eigenvalue weighted by atomic mass is 16.6. The Balaban J connectivity index is 1.48. The average molecular weight is 468 g/mol. The highest BCUT2D eigenvalue weighted by Gasteiger charge is 2.26. The van der Waals surface area contributed by atoms with Gasteiger partial charge in [-0.2, -0.15) is 4.98 Å². The van der Waals surface area contributed by atoms with E-state index in [2.05, 4.69) is 20.7 Å². The van der Waals surface area contributed by atoms with Crippen LogP contribution in [-0.4, -0.2) is 32.7 Å². The number of rotatable bonds is 6. The number of amides is 1. The van der Waals surface area contributed by atoms with Crippen molar-refractivity contribution in [2.24, 2.45) is 0 Å². The van der Waals surface area contributed by atoms with Crippen LogP contribution in [-0.2, 0) is 0 Å². The molecule has 0 saturated heterocycles. The Morgan fingerprint density at radius 2 is 1.86 bits per heavy atom. The summed E-state index contributed by atoms with van der Waals surface area (Å²) in [5.74, 6) is 0.708. The zero-order valence-electron chi connectivity index (χ0n) is 18.6. The number of fused-ring (bicyclic) bond motifs is 1. The highest BCUT2D eigenvalue weighted by molar-refractivity contribution is 6.03. The molecule has 5 rings (SSSR count). The number of carbonyl (C=O) groups excluding carboxylic acids is 1. The van der Waals surface area contributed by atoms with Crippen molar-refractivity contribution in [3.63, 3.8) is 0 Å². The molecule has 3 aromatic carbocycles. The number of hydrogen-bond donors (Lipinski definition) is 2. The number of benzene rings is 3. The van der Waals surface area contributed by atoms with Crippen LogP contribution in [0.15, 0.2) is 84.9 Å². The first-order valence-corrected chi connectivity index (χ1v) is 10.7. The molecule has 0 aliphatic carbocycles. The Hall–Kier alpha value is -4.99. The van der Waals surface area contributed by atoms with Gasteiger partial charge in [0.05, 0.1) is 12.0 Å². The molecule has 1 atom stereocenters. The Kier molecular flexibility index (Phi) is 5.68. The number of non-ortho nitro benzene ring substituents is 1. The van der Waals surface area contributed by atoms with Gasteiger partial charge in [-0.1, -0.05) is 48.5 Å². The van der Waals surface area contributed by atoms with Gasteiger partial charge in [0.25, 0.3) is 17.5 Å². The molecule has 10 heteroatoms. The summed E-state index contributed by atoms with van der Waals surface area (Å²) in [6.45, 7) is 0. The Morgan fingerprint density at radius 3 is 2.57 bits per heavy atom. The van der Waals surface area contributed by atoms with Crippen LogP contribution in [0.3, 0.4) is 0 Å². The fourth-order valence-corrected chi connectivity index (χ4v) is 3.81. The minimum atomic E-state index is -0.551. The van der Waals surface area contributed by atoms with Crippen LogP contribution in [0.4, 0.5) is 17.6 Å². The number of nitrogens with one attached hydrogen (secondary N) is 2. The van der Waals surface area contributed by atoms with Gasteiger partial charge in [-0.3, -0.25) is 20.2 Å². The maximum absolute atomic E-state index is 12.7. The number of ether oxygens (including phenoxy) is 1. The maximum atomic E-state index is 12.7. The number of methoxy groups -OCH3 is 1. The highest BCUT2D eigenvalue weighted by Crippen LogP contribution is 2.33. The molecule has 35 heavy (non-hydrogen) atoms. The van der Waals surface area contributed by atoms with Crippen LogP contribution >= 0.6 is 0 Å². The van der Waals surface area contributed by atoms with E-state index in [0.717, 1.165) is 22.6 Å². The first-order valence-electron chi connectivity index (χ1n) is 10.7. The normalized spacial score (nSPS) is 14.3. The summed E-state index contributed by atoms with van der Waals surface area (Å²) in [5.41, 5.74) is 2.73. The molecule has 0 unspecified atom stereocenters. The fraction of sp³-hybridized carbons (Fsp3) is 0.0800. The quantitative estimate of drug-likeness (QED) is 0.315. The van der Waals surface area contributed by atoms with Crippen molar-refractivity contribution >= 4 is 29.2 Å². The molecule has 0 radical (unpaired) electrons. The Bertz CT molecular complexity index is 1430. The molecular formula is C25H20N6O4. The molecule has 0 spiro atoms. The number of carbonyl (C=O) groups is 1. The molecule has 0 bridgehead atoms. The van der Waals surface area contributed by atoms with E-state index >= 15 is 0 Å². The zero-order valence-corrected chi connectivity index (χ0v) is 18.6. The van der Waals surface area contributed by atoms with E-state index in [1.54, 1.807) is 11.8 Å². The third-order valence-electron chi connectivity index (χ3n) is 5.55. The summed E-state index contributed by atoms with van der Waals surface area (Å²) < 4.78 is 6.96. The second kappa shape index (κ2) is 9.10. The lowest BCUT2D eigenvalue weighted by atomic mass is 10.0. The smallest absolute Gasteiger partial charge is 0.270 e. The zero-order chi connectivity index (χ0) is 24.4. The molecule has 4 aromatic rings. The summed E-state index contributed by atoms with van der Waals surface area (Å²) in [6, 6.07) is 22.6. The van der Waals surface area contributed by atoms with Crippen molar-refractivity contribution in [2.75, 3.05) is 17.7 Å². The van der Waals surface area contributed by atoms with Gasteiger partial charge in [-0.15, -0.1) is 5.10 Å². The van der Waals surface area contributed by atoms with Crippen molar-refractivity contribution in [1.29, 1.82) is 0 Å². The monoisotopic (exact) mass is 468 g/mol. The summed E-state index contributed by atoms with van der Waals surface area (Å²) >= 11 is 0. The number of aromatic nitrogens is 3. The van der Waals surface area contributed by atoms with Gasteiger partial charge in [-0.05, 0) is 35.4 Å². The third kappa shape index (κ3) is 4.44. The molecule has 2 heterocycles. The topological polar surface area (TPSA) is 124 Å². The van der Waals surface area contributed by atoms with Crippen LogP contribution in [0.1, 0.15) is 27.5 Å². The SMILES string of the molecule is COc1ccc([C@H]2C=C(c3ccccc3)Nc3nc(NC(=O)c4cccc([N+](=O)[O-])c4)nn32)cc1. The fourth-order valence-electron chi connectivity index (χ4n) is 3.81. The molecule has 10 nitrogen and oxygen atoms in total. The number of anilines is 2. The maximum Gasteiger partial charge on any atom is 0.270 e. The Morgan fingerprint density at radius 1 is 1.09 bits per heavy atom. The lowest BCUT2D eigenvalue weighted by Gasteiger charge is -2.24. The molecule has 174 valence electrons. The van der Waals surface area contributed by atoms with Crippen LogP contribution < -0.4 is 15.4 Å². The van der Waals surface area contributed by atoms with Gasteiger partial charge in [0.1, 0.15) is 11.8 Å². The van der Waals surface area contributed by atoms with Crippen LogP contribution in [0.25, 0.3) is 5.70 Å². The molecule has 2 N–H and O–H groups in total. The van der Waals surface area contributed by atoms with Gasteiger partial charge < -0.3 is 10.1 Å². The molecule has 0 saturated carbocycles. The van der Waals surface area contributed by atoms with Crippen molar-refractivity contribution < 1.29 is 14.5 Å². The van der Waals surface area contributed by atoms with Gasteiger partial charge in [0.15, 0.2) is 0 Å². The van der Waals surface area contributed by atoms with Gasteiger partial charge in [-0.25, -0.2) is 4.68 Å². The summed E-state index contributed by atoms with van der Waals surface area (Å²) in [5, 5.41) is 21.5. The molecule has 1 aromatic heterocycles. The first-order chi connectivity index (χ1) is 17.0. The van der Waals surface area contributed by atoms with Crippen molar-refractivity contribution in [2.45, 2.75) is 6.04 Å². The number of allylic oxidation sites excluding steroid dienone is 1. The van der Waals surface area contributed by atoms with E-state index in [0.29, 0.717) is 5.95 Å². The molecule has 1 amide bonds. The minimum absolute atomic E-state index is 0.0743. The number of nitrogens with zero attached hydrogens (tertiary/aromatic N) is 4. The van der Waals surface area contributed by atoms with Crippen LogP contribution in [0.2, 0.25) is 0 Å². The largest absolute Gasteiger partial charge is 0.497 e. The van der Waals surface area contributed by atoms with Crippen LogP contribution in [0.5, 0.6) is 5.75 Å². The van der Waals surface area contributed by atoms with E-state index in [-0.39, 0.29) is 23.2 Å². The van der Waals surface area contributed by atoms with Crippen molar-refractivity contribution in [1.82, 2.24) is 14.8 Å². The third-order valence-corrected chi connectivity index (χ3v) is 5.55. The molecule has 0 fully saturated rings. The van der Waals surface area contributed by atoms with Gasteiger partial charge in [0.2, 0.25) is 5.95 Å².